The van der Waals surface area contributed by atoms with E-state index in [-0.39, 0.29) is 6.42 Å². The van der Waals surface area contributed by atoms with E-state index < -0.39 is 5.97 Å². The van der Waals surface area contributed by atoms with Crippen LogP contribution in [0.1, 0.15) is 23.4 Å². The lowest BCUT2D eigenvalue weighted by Gasteiger charge is -2.06. The molecule has 0 N–H and O–H groups in total. The molecular formula is C19H16NO2S2-. The maximum atomic E-state index is 10.9. The van der Waals surface area contributed by atoms with Crippen molar-refractivity contribution >= 4 is 50.9 Å². The lowest BCUT2D eigenvalue weighted by Crippen LogP contribution is -2.21. The number of rotatable bonds is 6. The Morgan fingerprint density at radius 3 is 2.58 bits per heavy atom. The van der Waals surface area contributed by atoms with Crippen LogP contribution in [-0.4, -0.2) is 17.2 Å². The van der Waals surface area contributed by atoms with Crippen LogP contribution in [0.3, 0.4) is 0 Å². The Morgan fingerprint density at radius 1 is 1.17 bits per heavy atom. The number of thiazole rings is 1. The number of carboxylic acid groups (broad SMARTS) is 1. The molecular weight excluding hydrogens is 338 g/mol. The number of carbonyl (C=O) groups is 1. The summed E-state index contributed by atoms with van der Waals surface area (Å²) in [5, 5.41) is 11.8. The summed E-state index contributed by atoms with van der Waals surface area (Å²) in [4.78, 5) is 16.7. The van der Waals surface area contributed by atoms with Crippen molar-refractivity contribution in [2.75, 3.05) is 6.26 Å². The van der Waals surface area contributed by atoms with Gasteiger partial charge in [0.05, 0.1) is 10.2 Å². The molecule has 122 valence electrons. The van der Waals surface area contributed by atoms with Crippen molar-refractivity contribution in [2.45, 2.75) is 17.7 Å². The predicted octanol–water partition coefficient (Wildman–Crippen LogP) is 4.09. The van der Waals surface area contributed by atoms with Gasteiger partial charge >= 0.3 is 0 Å². The molecule has 0 atom stereocenters. The Labute approximate surface area is 149 Å². The molecule has 0 fully saturated rings. The number of allylic oxidation sites excluding steroid dienone is 1. The molecule has 2 aromatic carbocycles. The summed E-state index contributed by atoms with van der Waals surface area (Å²) in [5.41, 5.74) is 2.91. The van der Waals surface area contributed by atoms with Crippen LogP contribution >= 0.6 is 23.1 Å². The minimum atomic E-state index is -1.04. The van der Waals surface area contributed by atoms with E-state index in [0.29, 0.717) is 6.42 Å². The monoisotopic (exact) mass is 354 g/mol. The molecule has 0 saturated carbocycles. The molecule has 0 unspecified atom stereocenters. The molecule has 1 heterocycles. The Kier molecular flexibility index (Phi) is 5.33. The van der Waals surface area contributed by atoms with Gasteiger partial charge in [0.15, 0.2) is 0 Å². The maximum absolute atomic E-state index is 10.9. The standard InChI is InChI=1S/C19H17NO2S2/c1-23-15-9-6-13(7-10-15)12-14(8-11-18(21)22)19-20-16-4-2-3-5-17(16)24-19/h2-7,9-10,12H,8,11H2,1H3,(H,21,22)/p-1/b14-12+. The minimum absolute atomic E-state index is 0.00927. The van der Waals surface area contributed by atoms with Crippen LogP contribution in [0.25, 0.3) is 21.9 Å². The van der Waals surface area contributed by atoms with Gasteiger partial charge in [-0.05, 0) is 60.6 Å². The van der Waals surface area contributed by atoms with E-state index in [4.69, 9.17) is 0 Å². The van der Waals surface area contributed by atoms with E-state index in [0.717, 1.165) is 26.4 Å². The fourth-order valence-corrected chi connectivity index (χ4v) is 3.81. The van der Waals surface area contributed by atoms with Crippen molar-refractivity contribution in [3.8, 4) is 0 Å². The largest absolute Gasteiger partial charge is 0.550 e. The zero-order chi connectivity index (χ0) is 16.9. The number of carboxylic acids is 1. The zero-order valence-electron chi connectivity index (χ0n) is 13.2. The fraction of sp³-hybridized carbons (Fsp3) is 0.158. The summed E-state index contributed by atoms with van der Waals surface area (Å²) in [6.07, 6.45) is 4.46. The first-order valence-electron chi connectivity index (χ1n) is 7.56. The van der Waals surface area contributed by atoms with E-state index in [2.05, 4.69) is 17.1 Å². The topological polar surface area (TPSA) is 53.0 Å². The van der Waals surface area contributed by atoms with Crippen molar-refractivity contribution in [1.82, 2.24) is 4.98 Å². The summed E-state index contributed by atoms with van der Waals surface area (Å²) < 4.78 is 1.10. The number of thioether (sulfide) groups is 1. The number of carbonyl (C=O) groups excluding carboxylic acids is 1. The third kappa shape index (κ3) is 4.04. The number of hydrogen-bond donors (Lipinski definition) is 0. The Hall–Kier alpha value is -2.11. The number of benzene rings is 2. The second kappa shape index (κ2) is 7.64. The first-order valence-corrected chi connectivity index (χ1v) is 9.60. The van der Waals surface area contributed by atoms with Crippen LogP contribution in [0, 0.1) is 0 Å². The van der Waals surface area contributed by atoms with Gasteiger partial charge in [-0.2, -0.15) is 0 Å². The smallest absolute Gasteiger partial charge is 0.120 e. The quantitative estimate of drug-likeness (QED) is 0.626. The zero-order valence-corrected chi connectivity index (χ0v) is 14.8. The Bertz CT molecular complexity index is 849. The van der Waals surface area contributed by atoms with Crippen LogP contribution in [0.15, 0.2) is 53.4 Å². The van der Waals surface area contributed by atoms with Crippen LogP contribution in [0.5, 0.6) is 0 Å². The molecule has 0 aliphatic rings. The van der Waals surface area contributed by atoms with Crippen molar-refractivity contribution in [1.29, 1.82) is 0 Å². The second-order valence-corrected chi connectivity index (χ2v) is 7.21. The molecule has 0 bridgehead atoms. The first-order chi connectivity index (χ1) is 11.7. The number of fused-ring (bicyclic) bond motifs is 1. The number of aliphatic carboxylic acids is 1. The highest BCUT2D eigenvalue weighted by Crippen LogP contribution is 2.31. The minimum Gasteiger partial charge on any atom is -0.550 e. The van der Waals surface area contributed by atoms with Gasteiger partial charge in [-0.25, -0.2) is 4.98 Å². The van der Waals surface area contributed by atoms with Gasteiger partial charge < -0.3 is 9.90 Å². The van der Waals surface area contributed by atoms with Gasteiger partial charge in [-0.15, -0.1) is 23.1 Å². The molecule has 0 radical (unpaired) electrons. The lowest BCUT2D eigenvalue weighted by molar-refractivity contribution is -0.305. The van der Waals surface area contributed by atoms with Crippen molar-refractivity contribution in [3.05, 3.63) is 59.1 Å². The molecule has 1 aromatic heterocycles. The summed E-state index contributed by atoms with van der Waals surface area (Å²) in [7, 11) is 0. The van der Waals surface area contributed by atoms with Gasteiger partial charge in [-0.3, -0.25) is 0 Å². The number of para-hydroxylation sites is 1. The van der Waals surface area contributed by atoms with Gasteiger partial charge in [0, 0.05) is 10.9 Å². The first kappa shape index (κ1) is 16.7. The predicted molar refractivity (Wildman–Crippen MR) is 100.0 cm³/mol. The summed E-state index contributed by atoms with van der Waals surface area (Å²) in [6.45, 7) is 0. The van der Waals surface area contributed by atoms with Gasteiger partial charge in [-0.1, -0.05) is 24.3 Å². The molecule has 24 heavy (non-hydrogen) atoms. The highest BCUT2D eigenvalue weighted by molar-refractivity contribution is 7.98. The van der Waals surface area contributed by atoms with Crippen molar-refractivity contribution in [2.24, 2.45) is 0 Å². The SMILES string of the molecule is CSc1ccc(/C=C(\CCC(=O)[O-])c2nc3ccccc3s2)cc1. The normalized spacial score (nSPS) is 11.8. The van der Waals surface area contributed by atoms with E-state index in [1.807, 2.05) is 48.7 Å². The molecule has 3 rings (SSSR count). The molecule has 0 amide bonds. The molecule has 3 nitrogen and oxygen atoms in total. The lowest BCUT2D eigenvalue weighted by atomic mass is 10.1. The molecule has 5 heteroatoms. The summed E-state index contributed by atoms with van der Waals surface area (Å²) in [6, 6.07) is 16.1. The van der Waals surface area contributed by atoms with Crippen LogP contribution < -0.4 is 5.11 Å². The van der Waals surface area contributed by atoms with Crippen LogP contribution in [0.2, 0.25) is 0 Å². The molecule has 0 aliphatic carbocycles. The molecule has 0 saturated heterocycles. The third-order valence-corrected chi connectivity index (χ3v) is 5.48. The number of hydrogen-bond acceptors (Lipinski definition) is 5. The van der Waals surface area contributed by atoms with E-state index in [9.17, 15) is 9.90 Å². The summed E-state index contributed by atoms with van der Waals surface area (Å²) >= 11 is 3.28. The Morgan fingerprint density at radius 2 is 1.92 bits per heavy atom. The van der Waals surface area contributed by atoms with Gasteiger partial charge in [0.25, 0.3) is 0 Å². The molecule has 0 spiro atoms. The van der Waals surface area contributed by atoms with Crippen LogP contribution in [0.4, 0.5) is 0 Å². The Balaban J connectivity index is 1.97. The van der Waals surface area contributed by atoms with Crippen molar-refractivity contribution in [3.63, 3.8) is 0 Å². The van der Waals surface area contributed by atoms with E-state index in [1.165, 1.54) is 4.90 Å². The molecule has 3 aromatic rings. The molecule has 0 aliphatic heterocycles. The fourth-order valence-electron chi connectivity index (χ4n) is 2.39. The van der Waals surface area contributed by atoms with E-state index in [1.54, 1.807) is 23.1 Å². The van der Waals surface area contributed by atoms with Crippen molar-refractivity contribution < 1.29 is 9.90 Å². The average molecular weight is 354 g/mol. The summed E-state index contributed by atoms with van der Waals surface area (Å²) in [5.74, 6) is -1.04. The number of nitrogens with zero attached hydrogens (tertiary/aromatic N) is 1. The highest BCUT2D eigenvalue weighted by Gasteiger charge is 2.09. The highest BCUT2D eigenvalue weighted by atomic mass is 32.2. The average Bonchev–Trinajstić information content (AvgIpc) is 3.03. The third-order valence-electron chi connectivity index (χ3n) is 3.62. The number of aromatic nitrogens is 1. The maximum Gasteiger partial charge on any atom is 0.120 e. The second-order valence-electron chi connectivity index (χ2n) is 5.30. The van der Waals surface area contributed by atoms with Gasteiger partial charge in [0.1, 0.15) is 5.01 Å². The van der Waals surface area contributed by atoms with Gasteiger partial charge in [0.2, 0.25) is 0 Å². The van der Waals surface area contributed by atoms with E-state index >= 15 is 0 Å². The van der Waals surface area contributed by atoms with Crippen LogP contribution in [-0.2, 0) is 4.79 Å².